The third-order valence-corrected chi connectivity index (χ3v) is 3.45. The van der Waals surface area contributed by atoms with E-state index in [0.29, 0.717) is 12.0 Å². The van der Waals surface area contributed by atoms with Crippen LogP contribution < -0.4 is 5.73 Å². The lowest BCUT2D eigenvalue weighted by Crippen LogP contribution is -2.16. The minimum absolute atomic E-state index is 0.216. The van der Waals surface area contributed by atoms with Crippen molar-refractivity contribution in [3.8, 4) is 0 Å². The van der Waals surface area contributed by atoms with Crippen molar-refractivity contribution in [3.63, 3.8) is 0 Å². The highest BCUT2D eigenvalue weighted by Gasteiger charge is 2.16. The van der Waals surface area contributed by atoms with Gasteiger partial charge in [0.05, 0.1) is 0 Å². The van der Waals surface area contributed by atoms with Gasteiger partial charge in [-0.15, -0.1) is 0 Å². The van der Waals surface area contributed by atoms with Crippen LogP contribution in [0, 0.1) is 25.5 Å². The van der Waals surface area contributed by atoms with Gasteiger partial charge in [-0.2, -0.15) is 0 Å². The van der Waals surface area contributed by atoms with Gasteiger partial charge >= 0.3 is 0 Å². The number of hydrogen-bond donors (Lipinski definition) is 1. The Balaban J connectivity index is 2.31. The molecule has 106 valence electrons. The molecule has 20 heavy (non-hydrogen) atoms. The van der Waals surface area contributed by atoms with Crippen molar-refractivity contribution < 1.29 is 8.78 Å². The molecule has 0 spiro atoms. The fraction of sp³-hybridized carbons (Fsp3) is 0.294. The monoisotopic (exact) mass is 275 g/mol. The van der Waals surface area contributed by atoms with E-state index in [0.717, 1.165) is 28.8 Å². The molecule has 0 saturated heterocycles. The normalized spacial score (nSPS) is 12.4. The van der Waals surface area contributed by atoms with Crippen molar-refractivity contribution in [2.75, 3.05) is 6.54 Å². The summed E-state index contributed by atoms with van der Waals surface area (Å²) in [5.41, 5.74) is 9.54. The van der Waals surface area contributed by atoms with E-state index in [2.05, 4.69) is 18.2 Å². The predicted octanol–water partition coefficient (Wildman–Crippen LogP) is 3.87. The lowest BCUT2D eigenvalue weighted by atomic mass is 9.90. The average Bonchev–Trinajstić information content (AvgIpc) is 2.38. The Hall–Kier alpha value is -1.74. The predicted molar refractivity (Wildman–Crippen MR) is 77.8 cm³/mol. The maximum atomic E-state index is 13.8. The molecule has 2 N–H and O–H groups in total. The van der Waals surface area contributed by atoms with Gasteiger partial charge in [-0.05, 0) is 56.1 Å². The molecule has 2 aromatic rings. The third-order valence-electron chi connectivity index (χ3n) is 3.45. The fourth-order valence-electron chi connectivity index (χ4n) is 2.62. The maximum absolute atomic E-state index is 13.8. The van der Waals surface area contributed by atoms with Gasteiger partial charge in [0, 0.05) is 5.92 Å². The number of hydrogen-bond acceptors (Lipinski definition) is 1. The molecule has 0 radical (unpaired) electrons. The maximum Gasteiger partial charge on any atom is 0.126 e. The van der Waals surface area contributed by atoms with Crippen LogP contribution >= 0.6 is 0 Å². The minimum Gasteiger partial charge on any atom is -0.330 e. The number of halogens is 2. The summed E-state index contributed by atoms with van der Waals surface area (Å²) < 4.78 is 27.1. The van der Waals surface area contributed by atoms with Gasteiger partial charge in [-0.3, -0.25) is 0 Å². The quantitative estimate of drug-likeness (QED) is 0.900. The number of rotatable bonds is 4. The number of nitrogens with two attached hydrogens (primary N) is 1. The van der Waals surface area contributed by atoms with Gasteiger partial charge in [0.2, 0.25) is 0 Å². The van der Waals surface area contributed by atoms with Crippen LogP contribution in [0.2, 0.25) is 0 Å². The Bertz CT molecular complexity index is 588. The first-order valence-electron chi connectivity index (χ1n) is 6.72. The lowest BCUT2D eigenvalue weighted by Gasteiger charge is -2.17. The summed E-state index contributed by atoms with van der Waals surface area (Å²) in [7, 11) is 0. The molecule has 2 rings (SSSR count). The third kappa shape index (κ3) is 3.42. The van der Waals surface area contributed by atoms with E-state index >= 15 is 0 Å². The molecule has 0 saturated carbocycles. The molecular formula is C17H19F2N. The second-order valence-corrected chi connectivity index (χ2v) is 5.30. The zero-order valence-electron chi connectivity index (χ0n) is 11.8. The smallest absolute Gasteiger partial charge is 0.126 e. The Morgan fingerprint density at radius 3 is 2.25 bits per heavy atom. The molecule has 1 atom stereocenters. The van der Waals surface area contributed by atoms with Crippen molar-refractivity contribution in [1.29, 1.82) is 0 Å². The van der Waals surface area contributed by atoms with Gasteiger partial charge in [-0.1, -0.05) is 29.3 Å². The van der Waals surface area contributed by atoms with Crippen molar-refractivity contribution in [2.45, 2.75) is 26.2 Å². The molecule has 0 fully saturated rings. The molecule has 0 aliphatic carbocycles. The SMILES string of the molecule is Cc1cc(C)cc(CC(CN)c2cc(F)ccc2F)c1. The summed E-state index contributed by atoms with van der Waals surface area (Å²) in [6.45, 7) is 4.33. The van der Waals surface area contributed by atoms with E-state index in [-0.39, 0.29) is 12.5 Å². The highest BCUT2D eigenvalue weighted by Crippen LogP contribution is 2.24. The zero-order chi connectivity index (χ0) is 14.7. The summed E-state index contributed by atoms with van der Waals surface area (Å²) in [5.74, 6) is -1.04. The number of aryl methyl sites for hydroxylation is 2. The summed E-state index contributed by atoms with van der Waals surface area (Å²) in [6.07, 6.45) is 0.611. The Morgan fingerprint density at radius 1 is 1.00 bits per heavy atom. The Labute approximate surface area is 118 Å². The summed E-state index contributed by atoms with van der Waals surface area (Å²) in [6, 6.07) is 9.75. The lowest BCUT2D eigenvalue weighted by molar-refractivity contribution is 0.557. The van der Waals surface area contributed by atoms with Crippen LogP contribution in [0.4, 0.5) is 8.78 Å². The molecule has 2 aromatic carbocycles. The molecule has 0 aliphatic rings. The highest BCUT2D eigenvalue weighted by molar-refractivity contribution is 5.31. The van der Waals surface area contributed by atoms with Gasteiger partial charge < -0.3 is 5.73 Å². The van der Waals surface area contributed by atoms with Crippen molar-refractivity contribution in [1.82, 2.24) is 0 Å². The molecule has 0 heterocycles. The largest absolute Gasteiger partial charge is 0.330 e. The second kappa shape index (κ2) is 6.14. The average molecular weight is 275 g/mol. The van der Waals surface area contributed by atoms with Crippen LogP contribution in [0.15, 0.2) is 36.4 Å². The Kier molecular flexibility index (Phi) is 4.50. The van der Waals surface area contributed by atoms with Crippen LogP contribution in [-0.2, 0) is 6.42 Å². The summed E-state index contributed by atoms with van der Waals surface area (Å²) >= 11 is 0. The molecule has 1 nitrogen and oxygen atoms in total. The second-order valence-electron chi connectivity index (χ2n) is 5.30. The fourth-order valence-corrected chi connectivity index (χ4v) is 2.62. The van der Waals surface area contributed by atoms with Crippen LogP contribution in [0.25, 0.3) is 0 Å². The molecule has 1 unspecified atom stereocenters. The topological polar surface area (TPSA) is 26.0 Å². The van der Waals surface area contributed by atoms with E-state index in [1.807, 2.05) is 13.8 Å². The van der Waals surface area contributed by atoms with Crippen LogP contribution in [-0.4, -0.2) is 6.54 Å². The van der Waals surface area contributed by atoms with E-state index in [1.54, 1.807) is 0 Å². The molecule has 3 heteroatoms. The zero-order valence-corrected chi connectivity index (χ0v) is 11.8. The standard InChI is InChI=1S/C17H19F2N/c1-11-5-12(2)7-13(6-11)8-14(10-20)16-9-15(18)3-4-17(16)19/h3-7,9,14H,8,10,20H2,1-2H3. The Morgan fingerprint density at radius 2 is 1.65 bits per heavy atom. The van der Waals surface area contributed by atoms with Gasteiger partial charge in [0.1, 0.15) is 11.6 Å². The van der Waals surface area contributed by atoms with Crippen LogP contribution in [0.1, 0.15) is 28.2 Å². The molecule has 0 aliphatic heterocycles. The van der Waals surface area contributed by atoms with E-state index in [4.69, 9.17) is 5.73 Å². The summed E-state index contributed by atoms with van der Waals surface area (Å²) in [5, 5.41) is 0. The van der Waals surface area contributed by atoms with Crippen LogP contribution in [0.3, 0.4) is 0 Å². The minimum atomic E-state index is -0.430. The van der Waals surface area contributed by atoms with Crippen molar-refractivity contribution >= 4 is 0 Å². The molecular weight excluding hydrogens is 256 g/mol. The van der Waals surface area contributed by atoms with Crippen molar-refractivity contribution in [2.24, 2.45) is 5.73 Å². The van der Waals surface area contributed by atoms with Gasteiger partial charge in [0.15, 0.2) is 0 Å². The molecule has 0 bridgehead atoms. The van der Waals surface area contributed by atoms with Gasteiger partial charge in [0.25, 0.3) is 0 Å². The first-order valence-corrected chi connectivity index (χ1v) is 6.72. The van der Waals surface area contributed by atoms with Gasteiger partial charge in [-0.25, -0.2) is 8.78 Å². The first kappa shape index (κ1) is 14.7. The van der Waals surface area contributed by atoms with Crippen molar-refractivity contribution in [3.05, 3.63) is 70.3 Å². The summed E-state index contributed by atoms with van der Waals surface area (Å²) in [4.78, 5) is 0. The highest BCUT2D eigenvalue weighted by atomic mass is 19.1. The molecule has 0 amide bonds. The van der Waals surface area contributed by atoms with E-state index in [1.165, 1.54) is 6.07 Å². The molecule has 0 aromatic heterocycles. The number of benzene rings is 2. The van der Waals surface area contributed by atoms with Crippen LogP contribution in [0.5, 0.6) is 0 Å². The van der Waals surface area contributed by atoms with E-state index in [9.17, 15) is 8.78 Å². The van der Waals surface area contributed by atoms with E-state index < -0.39 is 11.6 Å². The first-order chi connectivity index (χ1) is 9.49.